The summed E-state index contributed by atoms with van der Waals surface area (Å²) in [4.78, 5) is 23.7. The van der Waals surface area contributed by atoms with E-state index in [1.807, 2.05) is 27.0 Å². The van der Waals surface area contributed by atoms with Gasteiger partial charge in [0.2, 0.25) is 0 Å². The monoisotopic (exact) mass is 284 g/mol. The van der Waals surface area contributed by atoms with E-state index in [4.69, 9.17) is 0 Å². The topological polar surface area (TPSA) is 88.5 Å². The van der Waals surface area contributed by atoms with Crippen LogP contribution in [0.4, 0.5) is 0 Å². The second kappa shape index (κ2) is 5.01. The van der Waals surface area contributed by atoms with Crippen molar-refractivity contribution in [2.24, 2.45) is 7.05 Å². The summed E-state index contributed by atoms with van der Waals surface area (Å²) in [6, 6.07) is 1.62. The van der Waals surface area contributed by atoms with Gasteiger partial charge < -0.3 is 10.3 Å². The van der Waals surface area contributed by atoms with Crippen LogP contribution in [-0.2, 0) is 7.05 Å². The number of hydrogen-bond donors (Lipinski definition) is 2. The molecule has 3 rings (SSSR count). The molecule has 0 radical (unpaired) electrons. The maximum Gasteiger partial charge on any atom is 0.253 e. The number of aromatic nitrogens is 5. The first-order valence-corrected chi connectivity index (χ1v) is 6.65. The molecule has 0 spiro atoms. The van der Waals surface area contributed by atoms with E-state index in [9.17, 15) is 4.79 Å². The van der Waals surface area contributed by atoms with Crippen LogP contribution in [0.15, 0.2) is 24.7 Å². The predicted molar refractivity (Wildman–Crippen MR) is 77.7 cm³/mol. The number of carbonyl (C=O) groups is 1. The number of aryl methyl sites for hydroxylation is 2. The number of nitrogens with one attached hydrogen (secondary N) is 2. The van der Waals surface area contributed by atoms with Gasteiger partial charge in [0.15, 0.2) is 5.65 Å². The first kappa shape index (κ1) is 13.3. The lowest BCUT2D eigenvalue weighted by molar-refractivity contribution is 0.0938. The molecule has 0 aliphatic carbocycles. The first-order valence-electron chi connectivity index (χ1n) is 6.65. The molecule has 3 heterocycles. The van der Waals surface area contributed by atoms with Crippen LogP contribution in [0, 0.1) is 6.92 Å². The minimum absolute atomic E-state index is 0.184. The van der Waals surface area contributed by atoms with Crippen LogP contribution in [0.2, 0.25) is 0 Å². The highest BCUT2D eigenvalue weighted by atomic mass is 16.1. The summed E-state index contributed by atoms with van der Waals surface area (Å²) in [5.74, 6) is 0.534. The normalized spacial score (nSPS) is 12.5. The van der Waals surface area contributed by atoms with Gasteiger partial charge in [-0.1, -0.05) is 0 Å². The summed E-state index contributed by atoms with van der Waals surface area (Å²) in [7, 11) is 1.83. The molecule has 0 aromatic carbocycles. The van der Waals surface area contributed by atoms with E-state index in [1.165, 1.54) is 0 Å². The third-order valence-electron chi connectivity index (χ3n) is 3.40. The van der Waals surface area contributed by atoms with E-state index in [2.05, 4.69) is 25.4 Å². The summed E-state index contributed by atoms with van der Waals surface area (Å²) >= 11 is 0. The van der Waals surface area contributed by atoms with Crippen LogP contribution in [0.5, 0.6) is 0 Å². The Bertz CT molecular complexity index is 789. The highest BCUT2D eigenvalue weighted by Crippen LogP contribution is 2.17. The van der Waals surface area contributed by atoms with Gasteiger partial charge in [-0.25, -0.2) is 9.97 Å². The van der Waals surface area contributed by atoms with Crippen molar-refractivity contribution in [1.82, 2.24) is 30.0 Å². The fourth-order valence-corrected chi connectivity index (χ4v) is 2.29. The molecule has 0 saturated carbocycles. The van der Waals surface area contributed by atoms with Crippen LogP contribution >= 0.6 is 0 Å². The molecule has 0 aliphatic rings. The number of rotatable bonds is 3. The molecule has 1 atom stereocenters. The number of pyridine rings is 1. The smallest absolute Gasteiger partial charge is 0.253 e. The minimum atomic E-state index is -0.196. The van der Waals surface area contributed by atoms with E-state index in [0.717, 1.165) is 22.6 Å². The van der Waals surface area contributed by atoms with Gasteiger partial charge in [-0.05, 0) is 19.9 Å². The molecule has 1 unspecified atom stereocenters. The lowest BCUT2D eigenvalue weighted by Crippen LogP contribution is -2.27. The fraction of sp³-hybridized carbons (Fsp3) is 0.286. The van der Waals surface area contributed by atoms with Crippen molar-refractivity contribution in [2.45, 2.75) is 19.9 Å². The molecule has 21 heavy (non-hydrogen) atoms. The molecule has 3 aromatic heterocycles. The van der Waals surface area contributed by atoms with Gasteiger partial charge in [0.1, 0.15) is 5.82 Å². The zero-order chi connectivity index (χ0) is 15.0. The van der Waals surface area contributed by atoms with Crippen LogP contribution in [0.1, 0.15) is 34.8 Å². The Kier molecular flexibility index (Phi) is 3.17. The molecule has 7 heteroatoms. The molecule has 0 saturated heterocycles. The number of aromatic amines is 1. The Morgan fingerprint density at radius 2 is 2.24 bits per heavy atom. The van der Waals surface area contributed by atoms with E-state index in [-0.39, 0.29) is 11.9 Å². The predicted octanol–water partition coefficient (Wildman–Crippen LogP) is 1.49. The third kappa shape index (κ3) is 2.37. The molecular formula is C14H16N6O. The molecule has 1 amide bonds. The summed E-state index contributed by atoms with van der Waals surface area (Å²) in [5, 5.41) is 8.07. The van der Waals surface area contributed by atoms with Crippen molar-refractivity contribution >= 4 is 16.9 Å². The summed E-state index contributed by atoms with van der Waals surface area (Å²) < 4.78 is 1.71. The minimum Gasteiger partial charge on any atom is -0.347 e. The molecular weight excluding hydrogens is 268 g/mol. The number of H-pyrrole nitrogens is 1. The summed E-state index contributed by atoms with van der Waals surface area (Å²) in [6.07, 6.45) is 4.95. The molecule has 7 nitrogen and oxygen atoms in total. The second-order valence-corrected chi connectivity index (χ2v) is 4.97. The Morgan fingerprint density at radius 3 is 2.95 bits per heavy atom. The van der Waals surface area contributed by atoms with E-state index in [0.29, 0.717) is 5.56 Å². The highest BCUT2D eigenvalue weighted by Gasteiger charge is 2.15. The van der Waals surface area contributed by atoms with Gasteiger partial charge >= 0.3 is 0 Å². The van der Waals surface area contributed by atoms with Crippen LogP contribution < -0.4 is 5.32 Å². The molecule has 2 N–H and O–H groups in total. The fourth-order valence-electron chi connectivity index (χ4n) is 2.29. The molecule has 0 aliphatic heterocycles. The Balaban J connectivity index is 1.86. The van der Waals surface area contributed by atoms with Gasteiger partial charge in [0, 0.05) is 31.0 Å². The Labute approximate surface area is 121 Å². The van der Waals surface area contributed by atoms with Crippen molar-refractivity contribution < 1.29 is 4.79 Å². The number of carbonyl (C=O) groups excluding carboxylic acids is 1. The SMILES string of the molecule is Cc1nn(C)c2ncc(C(=O)NC(C)c3ncc[nH]3)cc12. The van der Waals surface area contributed by atoms with Gasteiger partial charge in [-0.3, -0.25) is 9.48 Å². The molecule has 108 valence electrons. The number of nitrogens with zero attached hydrogens (tertiary/aromatic N) is 4. The van der Waals surface area contributed by atoms with Crippen LogP contribution in [-0.4, -0.2) is 30.6 Å². The Morgan fingerprint density at radius 1 is 1.43 bits per heavy atom. The first-order chi connectivity index (χ1) is 10.1. The van der Waals surface area contributed by atoms with Gasteiger partial charge in [0.05, 0.1) is 17.3 Å². The maximum atomic E-state index is 12.3. The van der Waals surface area contributed by atoms with E-state index < -0.39 is 0 Å². The molecule has 0 bridgehead atoms. The zero-order valence-electron chi connectivity index (χ0n) is 12.1. The largest absolute Gasteiger partial charge is 0.347 e. The standard InChI is InChI=1S/C14H16N6O/c1-8-11-6-10(7-17-13(11)20(3)19-8)14(21)18-9(2)12-15-4-5-16-12/h4-7,9H,1-3H3,(H,15,16)(H,18,21). The third-order valence-corrected chi connectivity index (χ3v) is 3.40. The van der Waals surface area contributed by atoms with Crippen LogP contribution in [0.25, 0.3) is 11.0 Å². The quantitative estimate of drug-likeness (QED) is 0.762. The number of hydrogen-bond acceptors (Lipinski definition) is 4. The highest BCUT2D eigenvalue weighted by molar-refractivity contribution is 5.97. The summed E-state index contributed by atoms with van der Waals surface area (Å²) in [5.41, 5.74) is 2.13. The van der Waals surface area contributed by atoms with E-state index >= 15 is 0 Å². The van der Waals surface area contributed by atoms with Gasteiger partial charge in [-0.15, -0.1) is 0 Å². The lowest BCUT2D eigenvalue weighted by atomic mass is 10.2. The van der Waals surface area contributed by atoms with Gasteiger partial charge in [0.25, 0.3) is 5.91 Å². The van der Waals surface area contributed by atoms with E-state index in [1.54, 1.807) is 23.3 Å². The van der Waals surface area contributed by atoms with Crippen molar-refractivity contribution in [1.29, 1.82) is 0 Å². The number of imidazole rings is 1. The molecule has 0 fully saturated rings. The summed E-state index contributed by atoms with van der Waals surface area (Å²) in [6.45, 7) is 3.77. The zero-order valence-corrected chi connectivity index (χ0v) is 12.1. The Hall–Kier alpha value is -2.70. The maximum absolute atomic E-state index is 12.3. The number of fused-ring (bicyclic) bond motifs is 1. The van der Waals surface area contributed by atoms with Crippen molar-refractivity contribution in [3.8, 4) is 0 Å². The molecule has 3 aromatic rings. The lowest BCUT2D eigenvalue weighted by Gasteiger charge is -2.11. The number of amides is 1. The van der Waals surface area contributed by atoms with Crippen molar-refractivity contribution in [3.05, 3.63) is 41.7 Å². The second-order valence-electron chi connectivity index (χ2n) is 4.97. The van der Waals surface area contributed by atoms with Crippen LogP contribution in [0.3, 0.4) is 0 Å². The van der Waals surface area contributed by atoms with Gasteiger partial charge in [-0.2, -0.15) is 5.10 Å². The average molecular weight is 284 g/mol. The average Bonchev–Trinajstić information content (AvgIpc) is 3.08. The van der Waals surface area contributed by atoms with Crippen molar-refractivity contribution in [3.63, 3.8) is 0 Å². The van der Waals surface area contributed by atoms with Crippen molar-refractivity contribution in [2.75, 3.05) is 0 Å².